The Bertz CT molecular complexity index is 382. The van der Waals surface area contributed by atoms with Gasteiger partial charge in [-0.25, -0.2) is 4.79 Å². The second-order valence-electron chi connectivity index (χ2n) is 7.94. The van der Waals surface area contributed by atoms with E-state index in [0.717, 1.165) is 39.1 Å². The molecule has 3 fully saturated rings. The quantitative estimate of drug-likeness (QED) is 0.858. The molecule has 5 nitrogen and oxygen atoms in total. The highest BCUT2D eigenvalue weighted by Crippen LogP contribution is 2.28. The molecule has 0 spiro atoms. The molecule has 3 heterocycles. The highest BCUT2D eigenvalue weighted by atomic mass is 16.5. The van der Waals surface area contributed by atoms with Gasteiger partial charge >= 0.3 is 6.03 Å². The number of ether oxygens (including phenoxy) is 1. The maximum atomic E-state index is 12.5. The number of nitrogens with zero attached hydrogens (tertiary/aromatic N) is 2. The van der Waals surface area contributed by atoms with Crippen LogP contribution in [0.4, 0.5) is 4.79 Å². The highest BCUT2D eigenvalue weighted by molar-refractivity contribution is 5.74. The van der Waals surface area contributed by atoms with Crippen molar-refractivity contribution in [3.05, 3.63) is 0 Å². The van der Waals surface area contributed by atoms with Crippen LogP contribution in [0, 0.1) is 5.92 Å². The lowest BCUT2D eigenvalue weighted by molar-refractivity contribution is 0.0370. The zero-order chi connectivity index (χ0) is 16.8. The Kier molecular flexibility index (Phi) is 6.78. The van der Waals surface area contributed by atoms with E-state index in [9.17, 15) is 4.79 Å². The number of piperidine rings is 1. The normalized spacial score (nSPS) is 28.5. The molecule has 0 aliphatic carbocycles. The van der Waals surface area contributed by atoms with E-state index in [1.165, 1.54) is 51.6 Å². The molecule has 0 saturated carbocycles. The van der Waals surface area contributed by atoms with Gasteiger partial charge in [-0.15, -0.1) is 0 Å². The number of rotatable bonds is 4. The summed E-state index contributed by atoms with van der Waals surface area (Å²) in [6.07, 6.45) is 10.4. The van der Waals surface area contributed by atoms with Gasteiger partial charge in [0.15, 0.2) is 0 Å². The minimum Gasteiger partial charge on any atom is -0.378 e. The van der Waals surface area contributed by atoms with Crippen LogP contribution in [0.1, 0.15) is 58.3 Å². The molecule has 24 heavy (non-hydrogen) atoms. The summed E-state index contributed by atoms with van der Waals surface area (Å²) >= 11 is 0. The van der Waals surface area contributed by atoms with Crippen LogP contribution in [-0.2, 0) is 4.74 Å². The first-order chi connectivity index (χ1) is 11.7. The van der Waals surface area contributed by atoms with Crippen molar-refractivity contribution in [2.45, 2.75) is 70.4 Å². The third-order valence-electron chi connectivity index (χ3n) is 5.92. The van der Waals surface area contributed by atoms with E-state index in [-0.39, 0.29) is 12.1 Å². The zero-order valence-corrected chi connectivity index (χ0v) is 15.3. The Balaban J connectivity index is 1.37. The molecule has 0 bridgehead atoms. The van der Waals surface area contributed by atoms with Crippen molar-refractivity contribution in [2.75, 3.05) is 39.3 Å². The number of carbonyl (C=O) groups excluding carboxylic acids is 1. The summed E-state index contributed by atoms with van der Waals surface area (Å²) in [6, 6.07) is 0.356. The lowest BCUT2D eigenvalue weighted by atomic mass is 9.90. The van der Waals surface area contributed by atoms with Gasteiger partial charge in [0.2, 0.25) is 0 Å². The lowest BCUT2D eigenvalue weighted by Crippen LogP contribution is -2.50. The predicted molar refractivity (Wildman–Crippen MR) is 96.2 cm³/mol. The Hall–Kier alpha value is -0.810. The van der Waals surface area contributed by atoms with E-state index in [1.807, 2.05) is 4.90 Å². The number of hydrogen-bond donors (Lipinski definition) is 1. The molecule has 1 N–H and O–H groups in total. The van der Waals surface area contributed by atoms with Gasteiger partial charge in [0.1, 0.15) is 0 Å². The van der Waals surface area contributed by atoms with Gasteiger partial charge in [-0.1, -0.05) is 12.8 Å². The molecule has 0 aromatic rings. The maximum absolute atomic E-state index is 12.5. The van der Waals surface area contributed by atoms with E-state index in [2.05, 4.69) is 17.1 Å². The van der Waals surface area contributed by atoms with E-state index in [1.54, 1.807) is 0 Å². The monoisotopic (exact) mass is 337 g/mol. The van der Waals surface area contributed by atoms with Crippen LogP contribution in [-0.4, -0.2) is 67.3 Å². The molecule has 5 heteroatoms. The average Bonchev–Trinajstić information content (AvgIpc) is 3.01. The second kappa shape index (κ2) is 9.04. The fraction of sp³-hybridized carbons (Fsp3) is 0.947. The number of likely N-dealkylation sites (tertiary alicyclic amines) is 2. The van der Waals surface area contributed by atoms with E-state index in [4.69, 9.17) is 4.74 Å². The summed E-state index contributed by atoms with van der Waals surface area (Å²) in [5.74, 6) is 0.658. The van der Waals surface area contributed by atoms with Crippen molar-refractivity contribution >= 4 is 6.03 Å². The molecule has 0 aromatic heterocycles. The fourth-order valence-electron chi connectivity index (χ4n) is 4.50. The molecule has 3 aliphatic rings. The molecule has 2 atom stereocenters. The smallest absolute Gasteiger partial charge is 0.317 e. The fourth-order valence-corrected chi connectivity index (χ4v) is 4.50. The number of urea groups is 1. The van der Waals surface area contributed by atoms with Gasteiger partial charge < -0.3 is 19.9 Å². The third kappa shape index (κ3) is 5.09. The van der Waals surface area contributed by atoms with Crippen LogP contribution in [0.5, 0.6) is 0 Å². The van der Waals surface area contributed by atoms with Gasteiger partial charge in [-0.05, 0) is 64.5 Å². The summed E-state index contributed by atoms with van der Waals surface area (Å²) in [6.45, 7) is 8.19. The standard InChI is InChI=1S/C19H35N3O2/c1-16(15-21-10-4-2-3-5-11-21)20-19(23)22-12-8-17(9-13-22)18-7-6-14-24-18/h16-18H,2-15H2,1H3,(H,20,23)/t16-,18+/m1/s1. The Morgan fingerprint density at radius 1 is 1.04 bits per heavy atom. The lowest BCUT2D eigenvalue weighted by Gasteiger charge is -2.35. The molecule has 0 radical (unpaired) electrons. The first-order valence-electron chi connectivity index (χ1n) is 10.1. The topological polar surface area (TPSA) is 44.8 Å². The minimum atomic E-state index is 0.128. The molecule has 3 rings (SSSR count). The van der Waals surface area contributed by atoms with Crippen molar-refractivity contribution in [1.29, 1.82) is 0 Å². The van der Waals surface area contributed by atoms with Gasteiger partial charge in [0, 0.05) is 32.3 Å². The molecule has 0 aromatic carbocycles. The maximum Gasteiger partial charge on any atom is 0.317 e. The predicted octanol–water partition coefficient (Wildman–Crippen LogP) is 2.85. The molecule has 3 saturated heterocycles. The molecule has 0 unspecified atom stereocenters. The van der Waals surface area contributed by atoms with E-state index in [0.29, 0.717) is 12.0 Å². The van der Waals surface area contributed by atoms with Crippen LogP contribution in [0.2, 0.25) is 0 Å². The summed E-state index contributed by atoms with van der Waals surface area (Å²) in [5, 5.41) is 3.22. The average molecular weight is 338 g/mol. The van der Waals surface area contributed by atoms with Crippen molar-refractivity contribution < 1.29 is 9.53 Å². The van der Waals surface area contributed by atoms with Gasteiger partial charge in [-0.3, -0.25) is 0 Å². The second-order valence-corrected chi connectivity index (χ2v) is 7.94. The van der Waals surface area contributed by atoms with Gasteiger partial charge in [0.05, 0.1) is 6.10 Å². The number of nitrogens with one attached hydrogen (secondary N) is 1. The minimum absolute atomic E-state index is 0.128. The molecule has 2 amide bonds. The Labute approximate surface area is 147 Å². The van der Waals surface area contributed by atoms with Crippen molar-refractivity contribution in [2.24, 2.45) is 5.92 Å². The van der Waals surface area contributed by atoms with E-state index < -0.39 is 0 Å². The van der Waals surface area contributed by atoms with Crippen molar-refractivity contribution in [3.8, 4) is 0 Å². The first kappa shape index (κ1) is 18.0. The molecular formula is C19H35N3O2. The van der Waals surface area contributed by atoms with Crippen LogP contribution >= 0.6 is 0 Å². The largest absolute Gasteiger partial charge is 0.378 e. The van der Waals surface area contributed by atoms with Crippen LogP contribution in [0.15, 0.2) is 0 Å². The highest BCUT2D eigenvalue weighted by Gasteiger charge is 2.31. The zero-order valence-electron chi connectivity index (χ0n) is 15.3. The first-order valence-corrected chi connectivity index (χ1v) is 10.1. The summed E-state index contributed by atoms with van der Waals surface area (Å²) in [7, 11) is 0. The summed E-state index contributed by atoms with van der Waals surface area (Å²) < 4.78 is 5.82. The van der Waals surface area contributed by atoms with Crippen LogP contribution in [0.3, 0.4) is 0 Å². The summed E-state index contributed by atoms with van der Waals surface area (Å²) in [4.78, 5) is 17.0. The van der Waals surface area contributed by atoms with Crippen LogP contribution in [0.25, 0.3) is 0 Å². The van der Waals surface area contributed by atoms with Gasteiger partial charge in [0.25, 0.3) is 0 Å². The van der Waals surface area contributed by atoms with E-state index >= 15 is 0 Å². The molecular weight excluding hydrogens is 302 g/mol. The molecule has 138 valence electrons. The number of hydrogen-bond acceptors (Lipinski definition) is 3. The Morgan fingerprint density at radius 3 is 2.38 bits per heavy atom. The van der Waals surface area contributed by atoms with Gasteiger partial charge in [-0.2, -0.15) is 0 Å². The molecule has 3 aliphatic heterocycles. The van der Waals surface area contributed by atoms with Crippen molar-refractivity contribution in [3.63, 3.8) is 0 Å². The third-order valence-corrected chi connectivity index (χ3v) is 5.92. The summed E-state index contributed by atoms with van der Waals surface area (Å²) in [5.41, 5.74) is 0. The van der Waals surface area contributed by atoms with Crippen LogP contribution < -0.4 is 5.32 Å². The van der Waals surface area contributed by atoms with Crippen molar-refractivity contribution in [1.82, 2.24) is 15.1 Å². The number of carbonyl (C=O) groups is 1. The SMILES string of the molecule is C[C@H](CN1CCCCCC1)NC(=O)N1CCC([C@@H]2CCCO2)CC1. The Morgan fingerprint density at radius 2 is 1.75 bits per heavy atom. The number of amides is 2.